The van der Waals surface area contributed by atoms with Crippen molar-refractivity contribution in [3.05, 3.63) is 33.3 Å². The van der Waals surface area contributed by atoms with E-state index in [0.717, 1.165) is 5.56 Å². The van der Waals surface area contributed by atoms with E-state index in [-0.39, 0.29) is 5.56 Å². The summed E-state index contributed by atoms with van der Waals surface area (Å²) in [4.78, 5) is 10.8. The van der Waals surface area contributed by atoms with Crippen molar-refractivity contribution in [2.24, 2.45) is 0 Å². The van der Waals surface area contributed by atoms with Gasteiger partial charge in [-0.05, 0) is 40.0 Å². The molecule has 0 saturated heterocycles. The first kappa shape index (κ1) is 10.7. The van der Waals surface area contributed by atoms with E-state index < -0.39 is 5.97 Å². The summed E-state index contributed by atoms with van der Waals surface area (Å²) in [6.45, 7) is 1.91. The number of aromatic carboxylic acids is 1. The first-order chi connectivity index (χ1) is 6.60. The smallest absolute Gasteiger partial charge is 0.336 e. The van der Waals surface area contributed by atoms with Crippen LogP contribution >= 0.6 is 15.9 Å². The maximum absolute atomic E-state index is 10.8. The van der Waals surface area contributed by atoms with E-state index in [0.29, 0.717) is 16.5 Å². The predicted molar refractivity (Wildman–Crippen MR) is 55.2 cm³/mol. The van der Waals surface area contributed by atoms with E-state index >= 15 is 0 Å². The minimum absolute atomic E-state index is 0.140. The summed E-state index contributed by atoms with van der Waals surface area (Å²) in [5.74, 6) is -1.02. The standard InChI is InChI=1S/C10H8BrNO2/c1-2-6-3-7(5-12)9(11)8(4-6)10(13)14/h3-4H,2H2,1H3,(H,13,14). The van der Waals surface area contributed by atoms with E-state index in [1.54, 1.807) is 12.1 Å². The fraction of sp³-hybridized carbons (Fsp3) is 0.200. The molecule has 1 N–H and O–H groups in total. The Hall–Kier alpha value is -1.34. The number of carboxylic acids is 1. The van der Waals surface area contributed by atoms with Crippen molar-refractivity contribution in [3.63, 3.8) is 0 Å². The summed E-state index contributed by atoms with van der Waals surface area (Å²) in [6.07, 6.45) is 0.711. The van der Waals surface area contributed by atoms with Gasteiger partial charge >= 0.3 is 5.97 Å². The lowest BCUT2D eigenvalue weighted by Gasteiger charge is -2.04. The maximum Gasteiger partial charge on any atom is 0.336 e. The third-order valence-electron chi connectivity index (χ3n) is 1.89. The van der Waals surface area contributed by atoms with Crippen molar-refractivity contribution in [1.29, 1.82) is 5.26 Å². The second kappa shape index (κ2) is 4.25. The SMILES string of the molecule is CCc1cc(C#N)c(Br)c(C(=O)O)c1. The molecule has 0 aliphatic rings. The summed E-state index contributed by atoms with van der Waals surface area (Å²) in [5, 5.41) is 17.6. The second-order valence-electron chi connectivity index (χ2n) is 2.78. The molecule has 0 heterocycles. The third kappa shape index (κ3) is 1.94. The van der Waals surface area contributed by atoms with Crippen LogP contribution in [0.4, 0.5) is 0 Å². The fourth-order valence-corrected chi connectivity index (χ4v) is 1.61. The highest BCUT2D eigenvalue weighted by atomic mass is 79.9. The molecule has 0 radical (unpaired) electrons. The number of nitriles is 1. The molecule has 0 fully saturated rings. The van der Waals surface area contributed by atoms with Gasteiger partial charge in [0.2, 0.25) is 0 Å². The van der Waals surface area contributed by atoms with Gasteiger partial charge in [-0.15, -0.1) is 0 Å². The van der Waals surface area contributed by atoms with E-state index in [1.165, 1.54) is 0 Å². The number of rotatable bonds is 2. The monoisotopic (exact) mass is 253 g/mol. The van der Waals surface area contributed by atoms with Gasteiger partial charge in [0.05, 0.1) is 11.1 Å². The number of benzene rings is 1. The van der Waals surface area contributed by atoms with Crippen molar-refractivity contribution in [2.75, 3.05) is 0 Å². The first-order valence-electron chi connectivity index (χ1n) is 4.06. The number of nitrogens with zero attached hydrogens (tertiary/aromatic N) is 1. The highest BCUT2D eigenvalue weighted by Crippen LogP contribution is 2.23. The number of hydrogen-bond acceptors (Lipinski definition) is 2. The molecule has 0 aliphatic carbocycles. The lowest BCUT2D eigenvalue weighted by atomic mass is 10.0. The minimum atomic E-state index is -1.02. The molecule has 0 spiro atoms. The molecule has 0 aliphatic heterocycles. The largest absolute Gasteiger partial charge is 0.478 e. The summed E-state index contributed by atoms with van der Waals surface area (Å²) in [6, 6.07) is 5.22. The topological polar surface area (TPSA) is 61.1 Å². The zero-order valence-corrected chi connectivity index (χ0v) is 9.13. The molecule has 1 rings (SSSR count). The van der Waals surface area contributed by atoms with Crippen molar-refractivity contribution < 1.29 is 9.90 Å². The Balaban J connectivity index is 3.44. The van der Waals surface area contributed by atoms with Crippen LogP contribution in [0.3, 0.4) is 0 Å². The van der Waals surface area contributed by atoms with E-state index in [1.807, 2.05) is 13.0 Å². The minimum Gasteiger partial charge on any atom is -0.478 e. The van der Waals surface area contributed by atoms with Gasteiger partial charge in [-0.1, -0.05) is 6.92 Å². The Morgan fingerprint density at radius 3 is 2.71 bits per heavy atom. The Morgan fingerprint density at radius 1 is 1.64 bits per heavy atom. The zero-order chi connectivity index (χ0) is 10.7. The van der Waals surface area contributed by atoms with Crippen molar-refractivity contribution in [2.45, 2.75) is 13.3 Å². The average Bonchev–Trinajstić information content (AvgIpc) is 2.17. The van der Waals surface area contributed by atoms with E-state index in [4.69, 9.17) is 10.4 Å². The lowest BCUT2D eigenvalue weighted by molar-refractivity contribution is 0.0695. The molecular formula is C10H8BrNO2. The Bertz CT molecular complexity index is 421. The molecule has 0 atom stereocenters. The van der Waals surface area contributed by atoms with Gasteiger partial charge < -0.3 is 5.11 Å². The third-order valence-corrected chi connectivity index (χ3v) is 2.75. The molecule has 0 saturated carbocycles. The summed E-state index contributed by atoms with van der Waals surface area (Å²) < 4.78 is 0.352. The second-order valence-corrected chi connectivity index (χ2v) is 3.57. The molecular weight excluding hydrogens is 246 g/mol. The van der Waals surface area contributed by atoms with E-state index in [9.17, 15) is 4.79 Å². The summed E-state index contributed by atoms with van der Waals surface area (Å²) in [7, 11) is 0. The van der Waals surface area contributed by atoms with Gasteiger partial charge in [-0.2, -0.15) is 5.26 Å². The Kier molecular flexibility index (Phi) is 3.26. The normalized spacial score (nSPS) is 9.50. The highest BCUT2D eigenvalue weighted by molar-refractivity contribution is 9.10. The Labute approximate surface area is 90.1 Å². The van der Waals surface area contributed by atoms with Crippen LogP contribution in [0.25, 0.3) is 0 Å². The molecule has 0 amide bonds. The van der Waals surface area contributed by atoms with Crippen LogP contribution in [0.5, 0.6) is 0 Å². The van der Waals surface area contributed by atoms with Crippen molar-refractivity contribution in [1.82, 2.24) is 0 Å². The van der Waals surface area contributed by atoms with Crippen LogP contribution in [0.15, 0.2) is 16.6 Å². The van der Waals surface area contributed by atoms with Crippen molar-refractivity contribution >= 4 is 21.9 Å². The molecule has 4 heteroatoms. The molecule has 1 aromatic rings. The molecule has 14 heavy (non-hydrogen) atoms. The zero-order valence-electron chi connectivity index (χ0n) is 7.54. The van der Waals surface area contributed by atoms with Gasteiger partial charge in [0.25, 0.3) is 0 Å². The lowest BCUT2D eigenvalue weighted by Crippen LogP contribution is -2.01. The van der Waals surface area contributed by atoms with Gasteiger partial charge in [0.1, 0.15) is 6.07 Å². The Morgan fingerprint density at radius 2 is 2.29 bits per heavy atom. The maximum atomic E-state index is 10.8. The highest BCUT2D eigenvalue weighted by Gasteiger charge is 2.13. The number of carbonyl (C=O) groups is 1. The molecule has 0 bridgehead atoms. The van der Waals surface area contributed by atoms with Crippen molar-refractivity contribution in [3.8, 4) is 6.07 Å². The number of carboxylic acid groups (broad SMARTS) is 1. The molecule has 3 nitrogen and oxygen atoms in total. The molecule has 0 aromatic heterocycles. The summed E-state index contributed by atoms with van der Waals surface area (Å²) >= 11 is 3.10. The van der Waals surface area contributed by atoms with Crippen LogP contribution in [0, 0.1) is 11.3 Å². The quantitative estimate of drug-likeness (QED) is 0.882. The van der Waals surface area contributed by atoms with Crippen LogP contribution in [-0.2, 0) is 6.42 Å². The molecule has 0 unspecified atom stereocenters. The van der Waals surface area contributed by atoms with Gasteiger partial charge in [0.15, 0.2) is 0 Å². The van der Waals surface area contributed by atoms with Crippen LogP contribution in [-0.4, -0.2) is 11.1 Å². The predicted octanol–water partition coefficient (Wildman–Crippen LogP) is 2.58. The molecule has 72 valence electrons. The number of hydrogen-bond donors (Lipinski definition) is 1. The fourth-order valence-electron chi connectivity index (χ4n) is 1.13. The van der Waals surface area contributed by atoms with Crippen LogP contribution in [0.2, 0.25) is 0 Å². The van der Waals surface area contributed by atoms with E-state index in [2.05, 4.69) is 15.9 Å². The van der Waals surface area contributed by atoms with Crippen LogP contribution in [0.1, 0.15) is 28.4 Å². The van der Waals surface area contributed by atoms with Crippen LogP contribution < -0.4 is 0 Å². The average molecular weight is 254 g/mol. The number of aryl methyl sites for hydroxylation is 1. The van der Waals surface area contributed by atoms with Gasteiger partial charge in [-0.3, -0.25) is 0 Å². The van der Waals surface area contributed by atoms with Gasteiger partial charge in [0, 0.05) is 4.47 Å². The van der Waals surface area contributed by atoms with Gasteiger partial charge in [-0.25, -0.2) is 4.79 Å². The first-order valence-corrected chi connectivity index (χ1v) is 4.85. The number of halogens is 1. The molecule has 1 aromatic carbocycles. The summed E-state index contributed by atoms with van der Waals surface area (Å²) in [5.41, 5.74) is 1.35.